The van der Waals surface area contributed by atoms with Crippen molar-refractivity contribution in [2.24, 2.45) is 0 Å². The van der Waals surface area contributed by atoms with Gasteiger partial charge in [-0.25, -0.2) is 0 Å². The molecule has 1 aromatic rings. The minimum atomic E-state index is -0.0716. The Labute approximate surface area is 114 Å². The summed E-state index contributed by atoms with van der Waals surface area (Å²) >= 11 is 6.34. The smallest absolute Gasteiger partial charge is 0.0837 e. The van der Waals surface area contributed by atoms with Crippen molar-refractivity contribution in [3.8, 4) is 0 Å². The van der Waals surface area contributed by atoms with Crippen LogP contribution < -0.4 is 5.32 Å². The molecule has 1 aliphatic rings. The van der Waals surface area contributed by atoms with Crippen LogP contribution in [0.2, 0.25) is 5.02 Å². The SMILES string of the molecule is COCCn1ncc(Cl)c1C1(C)CCCCCN1. The van der Waals surface area contributed by atoms with Crippen molar-refractivity contribution in [3.63, 3.8) is 0 Å². The molecule has 1 fully saturated rings. The summed E-state index contributed by atoms with van der Waals surface area (Å²) in [6.07, 6.45) is 6.59. The van der Waals surface area contributed by atoms with Gasteiger partial charge < -0.3 is 10.1 Å². The van der Waals surface area contributed by atoms with Crippen molar-refractivity contribution in [2.45, 2.75) is 44.7 Å². The molecule has 1 saturated heterocycles. The maximum absolute atomic E-state index is 6.34. The molecule has 2 rings (SSSR count). The second kappa shape index (κ2) is 6.04. The number of aromatic nitrogens is 2. The molecular formula is C13H22ClN3O. The summed E-state index contributed by atoms with van der Waals surface area (Å²) < 4.78 is 7.11. The third kappa shape index (κ3) is 2.87. The zero-order valence-corrected chi connectivity index (χ0v) is 12.0. The first-order chi connectivity index (χ1) is 8.67. The zero-order valence-electron chi connectivity index (χ0n) is 11.2. The van der Waals surface area contributed by atoms with Crippen LogP contribution in [0.4, 0.5) is 0 Å². The summed E-state index contributed by atoms with van der Waals surface area (Å²) in [5.41, 5.74) is 1.03. The van der Waals surface area contributed by atoms with E-state index in [4.69, 9.17) is 16.3 Å². The van der Waals surface area contributed by atoms with Gasteiger partial charge in [0.1, 0.15) is 0 Å². The maximum Gasteiger partial charge on any atom is 0.0837 e. The molecule has 4 nitrogen and oxygen atoms in total. The van der Waals surface area contributed by atoms with Gasteiger partial charge in [-0.1, -0.05) is 24.4 Å². The molecule has 102 valence electrons. The Hall–Kier alpha value is -0.580. The zero-order chi connectivity index (χ0) is 13.0. The van der Waals surface area contributed by atoms with Crippen molar-refractivity contribution < 1.29 is 4.74 Å². The molecule has 1 N–H and O–H groups in total. The van der Waals surface area contributed by atoms with E-state index in [1.165, 1.54) is 19.3 Å². The summed E-state index contributed by atoms with van der Waals surface area (Å²) in [5.74, 6) is 0. The van der Waals surface area contributed by atoms with Gasteiger partial charge in [0.25, 0.3) is 0 Å². The van der Waals surface area contributed by atoms with Gasteiger partial charge >= 0.3 is 0 Å². The van der Waals surface area contributed by atoms with E-state index in [1.807, 2.05) is 4.68 Å². The van der Waals surface area contributed by atoms with Crippen molar-refractivity contribution in [3.05, 3.63) is 16.9 Å². The Bertz CT molecular complexity index is 384. The van der Waals surface area contributed by atoms with Crippen molar-refractivity contribution in [1.82, 2.24) is 15.1 Å². The fraction of sp³-hybridized carbons (Fsp3) is 0.769. The van der Waals surface area contributed by atoms with Crippen LogP contribution in [-0.2, 0) is 16.8 Å². The van der Waals surface area contributed by atoms with E-state index in [-0.39, 0.29) is 5.54 Å². The lowest BCUT2D eigenvalue weighted by Crippen LogP contribution is -2.41. The number of nitrogens with zero attached hydrogens (tertiary/aromatic N) is 2. The van der Waals surface area contributed by atoms with Gasteiger partial charge in [0.05, 0.1) is 35.6 Å². The predicted molar refractivity (Wildman–Crippen MR) is 72.9 cm³/mol. The van der Waals surface area contributed by atoms with Crippen LogP contribution >= 0.6 is 11.6 Å². The molecule has 5 heteroatoms. The van der Waals surface area contributed by atoms with Crippen LogP contribution in [0.1, 0.15) is 38.3 Å². The molecule has 1 aromatic heterocycles. The van der Waals surface area contributed by atoms with Crippen LogP contribution in [0.25, 0.3) is 0 Å². The Morgan fingerprint density at radius 1 is 1.50 bits per heavy atom. The molecule has 18 heavy (non-hydrogen) atoms. The predicted octanol–water partition coefficient (Wildman–Crippen LogP) is 2.56. The van der Waals surface area contributed by atoms with E-state index >= 15 is 0 Å². The van der Waals surface area contributed by atoms with E-state index in [0.717, 1.165) is 30.2 Å². The van der Waals surface area contributed by atoms with E-state index in [1.54, 1.807) is 13.3 Å². The topological polar surface area (TPSA) is 39.1 Å². The summed E-state index contributed by atoms with van der Waals surface area (Å²) in [6, 6.07) is 0. The molecule has 0 saturated carbocycles. The number of hydrogen-bond donors (Lipinski definition) is 1. The number of rotatable bonds is 4. The van der Waals surface area contributed by atoms with Gasteiger partial charge in [-0.05, 0) is 26.3 Å². The molecule has 1 atom stereocenters. The van der Waals surface area contributed by atoms with E-state index < -0.39 is 0 Å². The third-order valence-corrected chi connectivity index (χ3v) is 3.97. The highest BCUT2D eigenvalue weighted by Gasteiger charge is 2.32. The first kappa shape index (κ1) is 13.8. The summed E-state index contributed by atoms with van der Waals surface area (Å²) in [5, 5.41) is 8.75. The standard InChI is InChI=1S/C13H22ClN3O/c1-13(6-4-3-5-7-15-13)12-11(14)10-16-17(12)8-9-18-2/h10,15H,3-9H2,1-2H3. The fourth-order valence-corrected chi connectivity index (χ4v) is 3.04. The Balaban J connectivity index is 2.26. The third-order valence-electron chi connectivity index (χ3n) is 3.69. The number of nitrogens with one attached hydrogen (secondary N) is 1. The lowest BCUT2D eigenvalue weighted by atomic mass is 9.92. The monoisotopic (exact) mass is 271 g/mol. The van der Waals surface area contributed by atoms with Gasteiger partial charge in [0.15, 0.2) is 0 Å². The van der Waals surface area contributed by atoms with Crippen LogP contribution in [0, 0.1) is 0 Å². The Morgan fingerprint density at radius 2 is 2.33 bits per heavy atom. The number of halogens is 1. The Morgan fingerprint density at radius 3 is 3.11 bits per heavy atom. The molecule has 0 bridgehead atoms. The molecule has 0 amide bonds. The molecule has 1 unspecified atom stereocenters. The minimum Gasteiger partial charge on any atom is -0.383 e. The lowest BCUT2D eigenvalue weighted by molar-refractivity contribution is 0.179. The molecule has 0 aromatic carbocycles. The van der Waals surface area contributed by atoms with Crippen LogP contribution in [0.3, 0.4) is 0 Å². The van der Waals surface area contributed by atoms with Crippen LogP contribution in [0.5, 0.6) is 0 Å². The van der Waals surface area contributed by atoms with E-state index in [0.29, 0.717) is 6.61 Å². The highest BCUT2D eigenvalue weighted by Crippen LogP contribution is 2.33. The molecule has 0 radical (unpaired) electrons. The summed E-state index contributed by atoms with van der Waals surface area (Å²) in [4.78, 5) is 0. The van der Waals surface area contributed by atoms with Gasteiger partial charge in [-0.3, -0.25) is 4.68 Å². The number of methoxy groups -OCH3 is 1. The van der Waals surface area contributed by atoms with Gasteiger partial charge in [0.2, 0.25) is 0 Å². The maximum atomic E-state index is 6.34. The highest BCUT2D eigenvalue weighted by atomic mass is 35.5. The van der Waals surface area contributed by atoms with Gasteiger partial charge in [0, 0.05) is 7.11 Å². The van der Waals surface area contributed by atoms with Crippen molar-refractivity contribution in [1.29, 1.82) is 0 Å². The van der Waals surface area contributed by atoms with Gasteiger partial charge in [-0.2, -0.15) is 5.10 Å². The number of ether oxygens (including phenoxy) is 1. The molecule has 0 spiro atoms. The lowest BCUT2D eigenvalue weighted by Gasteiger charge is -2.30. The average molecular weight is 272 g/mol. The quantitative estimate of drug-likeness (QED) is 0.915. The highest BCUT2D eigenvalue weighted by molar-refractivity contribution is 6.31. The summed E-state index contributed by atoms with van der Waals surface area (Å²) in [7, 11) is 1.70. The normalized spacial score (nSPS) is 25.1. The largest absolute Gasteiger partial charge is 0.383 e. The van der Waals surface area contributed by atoms with Crippen molar-refractivity contribution in [2.75, 3.05) is 20.3 Å². The van der Waals surface area contributed by atoms with Gasteiger partial charge in [-0.15, -0.1) is 0 Å². The minimum absolute atomic E-state index is 0.0716. The molecule has 1 aliphatic heterocycles. The first-order valence-electron chi connectivity index (χ1n) is 6.63. The second-order valence-corrected chi connectivity index (χ2v) is 5.53. The van der Waals surface area contributed by atoms with Crippen LogP contribution in [0.15, 0.2) is 6.20 Å². The first-order valence-corrected chi connectivity index (χ1v) is 7.01. The molecule has 2 heterocycles. The number of hydrogen-bond acceptors (Lipinski definition) is 3. The fourth-order valence-electron chi connectivity index (χ4n) is 2.69. The molecule has 0 aliphatic carbocycles. The van der Waals surface area contributed by atoms with E-state index in [9.17, 15) is 0 Å². The average Bonchev–Trinajstić information content (AvgIpc) is 2.58. The second-order valence-electron chi connectivity index (χ2n) is 5.13. The Kier molecular flexibility index (Phi) is 4.65. The van der Waals surface area contributed by atoms with Crippen molar-refractivity contribution >= 4 is 11.6 Å². The summed E-state index contributed by atoms with van der Waals surface area (Å²) in [6.45, 7) is 4.67. The van der Waals surface area contributed by atoms with Crippen LogP contribution in [-0.4, -0.2) is 30.0 Å². The molecular weight excluding hydrogens is 250 g/mol. The van der Waals surface area contributed by atoms with E-state index in [2.05, 4.69) is 17.3 Å².